The summed E-state index contributed by atoms with van der Waals surface area (Å²) in [7, 11) is 1.62. The van der Waals surface area contributed by atoms with Crippen LogP contribution in [0.25, 0.3) is 11.4 Å². The number of hydrogen-bond acceptors (Lipinski definition) is 7. The smallest absolute Gasteiger partial charge is 0.407 e. The molecule has 2 aromatic rings. The molecule has 0 saturated carbocycles. The zero-order chi connectivity index (χ0) is 20.3. The van der Waals surface area contributed by atoms with E-state index < -0.39 is 5.60 Å². The Bertz CT molecular complexity index is 815. The average molecular weight is 388 g/mol. The van der Waals surface area contributed by atoms with Crippen molar-refractivity contribution in [3.05, 3.63) is 24.3 Å². The Morgan fingerprint density at radius 3 is 2.82 bits per heavy atom. The van der Waals surface area contributed by atoms with Gasteiger partial charge >= 0.3 is 12.1 Å². The van der Waals surface area contributed by atoms with E-state index in [9.17, 15) is 4.79 Å². The number of carbonyl (C=O) groups is 1. The fourth-order valence-electron chi connectivity index (χ4n) is 3.27. The lowest BCUT2D eigenvalue weighted by Crippen LogP contribution is -2.50. The summed E-state index contributed by atoms with van der Waals surface area (Å²) in [5, 5.41) is 7.06. The van der Waals surface area contributed by atoms with Crippen LogP contribution < -0.4 is 15.0 Å². The van der Waals surface area contributed by atoms with Crippen LogP contribution in [0.2, 0.25) is 0 Å². The molecule has 8 nitrogen and oxygen atoms in total. The summed E-state index contributed by atoms with van der Waals surface area (Å²) in [6, 6.07) is 8.23. The Morgan fingerprint density at radius 2 is 2.14 bits per heavy atom. The first-order valence-corrected chi connectivity index (χ1v) is 9.49. The molecule has 2 unspecified atom stereocenters. The van der Waals surface area contributed by atoms with Gasteiger partial charge in [0.15, 0.2) is 0 Å². The van der Waals surface area contributed by atoms with E-state index in [0.717, 1.165) is 24.2 Å². The van der Waals surface area contributed by atoms with Gasteiger partial charge in [0.25, 0.3) is 0 Å². The first-order chi connectivity index (χ1) is 13.2. The third-order valence-electron chi connectivity index (χ3n) is 4.59. The number of hydrogen-bond donors (Lipinski definition) is 1. The molecule has 1 fully saturated rings. The summed E-state index contributed by atoms with van der Waals surface area (Å²) in [5.74, 6) is 1.27. The van der Waals surface area contributed by atoms with Gasteiger partial charge in [-0.05, 0) is 52.7 Å². The molecule has 1 aromatic heterocycles. The Labute approximate surface area is 165 Å². The maximum Gasteiger partial charge on any atom is 0.407 e. The lowest BCUT2D eigenvalue weighted by Gasteiger charge is -2.36. The quantitative estimate of drug-likeness (QED) is 0.855. The first kappa shape index (κ1) is 20.0. The number of benzene rings is 1. The van der Waals surface area contributed by atoms with Gasteiger partial charge in [0, 0.05) is 24.2 Å². The zero-order valence-electron chi connectivity index (χ0n) is 17.1. The minimum Gasteiger partial charge on any atom is -0.497 e. The van der Waals surface area contributed by atoms with E-state index in [4.69, 9.17) is 14.0 Å². The molecule has 1 N–H and O–H groups in total. The predicted octanol–water partition coefficient (Wildman–Crippen LogP) is 3.63. The van der Waals surface area contributed by atoms with Crippen molar-refractivity contribution in [2.24, 2.45) is 0 Å². The fourth-order valence-corrected chi connectivity index (χ4v) is 3.27. The van der Waals surface area contributed by atoms with Gasteiger partial charge < -0.3 is 24.2 Å². The van der Waals surface area contributed by atoms with Crippen LogP contribution in [-0.4, -0.2) is 47.6 Å². The number of carbonyl (C=O) groups excluding carboxylic acids is 1. The Kier molecular flexibility index (Phi) is 5.76. The van der Waals surface area contributed by atoms with Crippen LogP contribution in [-0.2, 0) is 4.74 Å². The molecule has 1 aromatic carbocycles. The highest BCUT2D eigenvalue weighted by Crippen LogP contribution is 2.27. The normalized spacial score (nSPS) is 20.0. The highest BCUT2D eigenvalue weighted by molar-refractivity contribution is 5.68. The molecule has 1 aliphatic rings. The van der Waals surface area contributed by atoms with E-state index in [1.54, 1.807) is 7.11 Å². The van der Waals surface area contributed by atoms with Crippen LogP contribution in [0.3, 0.4) is 0 Å². The molecule has 1 amide bonds. The maximum absolute atomic E-state index is 12.0. The van der Waals surface area contributed by atoms with Gasteiger partial charge in [-0.15, -0.1) is 0 Å². The Balaban J connectivity index is 1.62. The summed E-state index contributed by atoms with van der Waals surface area (Å²) in [6.45, 7) is 8.35. The molecule has 8 heteroatoms. The average Bonchev–Trinajstić information content (AvgIpc) is 3.10. The molecule has 3 rings (SSSR count). The Morgan fingerprint density at radius 1 is 1.36 bits per heavy atom. The monoisotopic (exact) mass is 388 g/mol. The zero-order valence-corrected chi connectivity index (χ0v) is 17.1. The number of amides is 1. The second-order valence-corrected chi connectivity index (χ2v) is 8.04. The van der Waals surface area contributed by atoms with Gasteiger partial charge in [-0.1, -0.05) is 17.3 Å². The number of nitrogens with zero attached hydrogens (tertiary/aromatic N) is 3. The number of nitrogens with one attached hydrogen (secondary N) is 1. The molecule has 1 aliphatic heterocycles. The lowest BCUT2D eigenvalue weighted by atomic mass is 9.99. The van der Waals surface area contributed by atoms with Crippen molar-refractivity contribution in [3.63, 3.8) is 0 Å². The van der Waals surface area contributed by atoms with Crippen molar-refractivity contribution in [1.29, 1.82) is 0 Å². The minimum absolute atomic E-state index is 0.0573. The maximum atomic E-state index is 12.0. The van der Waals surface area contributed by atoms with Gasteiger partial charge in [0.2, 0.25) is 5.82 Å². The molecule has 0 aliphatic carbocycles. The number of piperidine rings is 1. The van der Waals surface area contributed by atoms with Crippen LogP contribution in [0.1, 0.15) is 40.5 Å². The number of aromatic nitrogens is 2. The minimum atomic E-state index is -0.503. The molecule has 152 valence electrons. The number of rotatable bonds is 4. The summed E-state index contributed by atoms with van der Waals surface area (Å²) in [5.41, 5.74) is 0.333. The standard InChI is InChI=1S/C20H28N4O4/c1-13-11-15(21-19(25)27-20(2,3)4)9-10-24(13)18-22-17(23-28-18)14-7-6-8-16(12-14)26-5/h6-8,12-13,15H,9-11H2,1-5H3,(H,21,25). The summed E-state index contributed by atoms with van der Waals surface area (Å²) in [4.78, 5) is 18.6. The largest absolute Gasteiger partial charge is 0.497 e. The van der Waals surface area contributed by atoms with E-state index in [1.165, 1.54) is 0 Å². The molecule has 1 saturated heterocycles. The van der Waals surface area contributed by atoms with Crippen molar-refractivity contribution < 1.29 is 18.8 Å². The van der Waals surface area contributed by atoms with Gasteiger partial charge in [0.1, 0.15) is 11.4 Å². The number of alkyl carbamates (subject to hydrolysis) is 1. The predicted molar refractivity (Wildman–Crippen MR) is 105 cm³/mol. The summed E-state index contributed by atoms with van der Waals surface area (Å²) < 4.78 is 16.1. The SMILES string of the molecule is COc1cccc(-c2noc(N3CCC(NC(=O)OC(C)(C)C)CC3C)n2)c1. The van der Waals surface area contributed by atoms with Crippen molar-refractivity contribution in [3.8, 4) is 17.1 Å². The number of ether oxygens (including phenoxy) is 2. The first-order valence-electron chi connectivity index (χ1n) is 9.49. The van der Waals surface area contributed by atoms with E-state index >= 15 is 0 Å². The molecule has 0 spiro atoms. The van der Waals surface area contributed by atoms with Crippen molar-refractivity contribution in [1.82, 2.24) is 15.5 Å². The van der Waals surface area contributed by atoms with Gasteiger partial charge in [-0.2, -0.15) is 4.98 Å². The van der Waals surface area contributed by atoms with Crippen molar-refractivity contribution in [2.75, 3.05) is 18.6 Å². The molecule has 28 heavy (non-hydrogen) atoms. The van der Waals surface area contributed by atoms with Gasteiger partial charge in [-0.25, -0.2) is 4.79 Å². The van der Waals surface area contributed by atoms with Crippen molar-refractivity contribution >= 4 is 12.1 Å². The van der Waals surface area contributed by atoms with E-state index in [-0.39, 0.29) is 18.2 Å². The summed E-state index contributed by atoms with van der Waals surface area (Å²) in [6.07, 6.45) is 1.17. The number of methoxy groups -OCH3 is 1. The molecule has 2 heterocycles. The third kappa shape index (κ3) is 4.94. The van der Waals surface area contributed by atoms with Crippen LogP contribution in [0.15, 0.2) is 28.8 Å². The topological polar surface area (TPSA) is 89.7 Å². The van der Waals surface area contributed by atoms with Crippen LogP contribution >= 0.6 is 0 Å². The van der Waals surface area contributed by atoms with Gasteiger partial charge in [-0.3, -0.25) is 0 Å². The molecular formula is C20H28N4O4. The molecule has 2 atom stereocenters. The second kappa shape index (κ2) is 8.08. The highest BCUT2D eigenvalue weighted by atomic mass is 16.6. The Hall–Kier alpha value is -2.77. The van der Waals surface area contributed by atoms with Crippen LogP contribution in [0.5, 0.6) is 5.75 Å². The molecule has 0 bridgehead atoms. The fraction of sp³-hybridized carbons (Fsp3) is 0.550. The number of anilines is 1. The van der Waals surface area contributed by atoms with E-state index in [0.29, 0.717) is 18.4 Å². The lowest BCUT2D eigenvalue weighted by molar-refractivity contribution is 0.0493. The second-order valence-electron chi connectivity index (χ2n) is 8.04. The van der Waals surface area contributed by atoms with Crippen LogP contribution in [0, 0.1) is 0 Å². The van der Waals surface area contributed by atoms with Crippen LogP contribution in [0.4, 0.5) is 10.8 Å². The third-order valence-corrected chi connectivity index (χ3v) is 4.59. The van der Waals surface area contributed by atoms with E-state index in [1.807, 2.05) is 45.0 Å². The van der Waals surface area contributed by atoms with Crippen molar-refractivity contribution in [2.45, 2.75) is 58.2 Å². The van der Waals surface area contributed by atoms with E-state index in [2.05, 4.69) is 27.3 Å². The summed E-state index contributed by atoms with van der Waals surface area (Å²) >= 11 is 0. The molecule has 0 radical (unpaired) electrons. The highest BCUT2D eigenvalue weighted by Gasteiger charge is 2.30. The van der Waals surface area contributed by atoms with Gasteiger partial charge in [0.05, 0.1) is 7.11 Å². The molecular weight excluding hydrogens is 360 g/mol.